The third kappa shape index (κ3) is 2.97. The number of carbonyl (C=O) groups is 2. The Balaban J connectivity index is 1.89. The predicted molar refractivity (Wildman–Crippen MR) is 63.7 cm³/mol. The molecule has 1 aromatic carbocycles. The standard InChI is InChI=1S/C11H11N3O5/c15-10(13-6-5-12-11(13)16)7-19-9-3-1-8(2-4-9)14(17)18/h1-4H,5-7H2,(H,12,16). The monoisotopic (exact) mass is 265 g/mol. The van der Waals surface area contributed by atoms with Gasteiger partial charge in [0.15, 0.2) is 6.61 Å². The zero-order chi connectivity index (χ0) is 13.8. The Kier molecular flexibility index (Phi) is 3.60. The predicted octanol–water partition coefficient (Wildman–Crippen LogP) is 0.525. The van der Waals surface area contributed by atoms with E-state index in [1.807, 2.05) is 0 Å². The second-order valence-electron chi connectivity index (χ2n) is 3.82. The van der Waals surface area contributed by atoms with Crippen LogP contribution in [0.3, 0.4) is 0 Å². The molecule has 3 amide bonds. The number of non-ortho nitro benzene ring substituents is 1. The highest BCUT2D eigenvalue weighted by Crippen LogP contribution is 2.17. The molecule has 0 bridgehead atoms. The Hall–Kier alpha value is -2.64. The molecule has 1 aliphatic rings. The maximum atomic E-state index is 11.6. The average molecular weight is 265 g/mol. The maximum absolute atomic E-state index is 11.6. The van der Waals surface area contributed by atoms with Gasteiger partial charge in [0.25, 0.3) is 11.6 Å². The Morgan fingerprint density at radius 3 is 2.63 bits per heavy atom. The number of carbonyl (C=O) groups excluding carboxylic acids is 2. The summed E-state index contributed by atoms with van der Waals surface area (Å²) >= 11 is 0. The second kappa shape index (κ2) is 5.34. The fourth-order valence-electron chi connectivity index (χ4n) is 1.60. The van der Waals surface area contributed by atoms with Gasteiger partial charge in [0, 0.05) is 25.2 Å². The molecular weight excluding hydrogens is 254 g/mol. The molecular formula is C11H11N3O5. The van der Waals surface area contributed by atoms with Gasteiger partial charge in [-0.15, -0.1) is 0 Å². The number of urea groups is 1. The molecule has 100 valence electrons. The first-order valence-electron chi connectivity index (χ1n) is 5.53. The van der Waals surface area contributed by atoms with E-state index >= 15 is 0 Å². The molecule has 0 aliphatic carbocycles. The molecule has 0 unspecified atom stereocenters. The molecule has 0 atom stereocenters. The number of hydrogen-bond donors (Lipinski definition) is 1. The van der Waals surface area contributed by atoms with Crippen molar-refractivity contribution in [1.29, 1.82) is 0 Å². The van der Waals surface area contributed by atoms with Gasteiger partial charge in [0.05, 0.1) is 4.92 Å². The van der Waals surface area contributed by atoms with E-state index < -0.39 is 16.9 Å². The molecule has 1 fully saturated rings. The van der Waals surface area contributed by atoms with Gasteiger partial charge >= 0.3 is 6.03 Å². The topological polar surface area (TPSA) is 102 Å². The summed E-state index contributed by atoms with van der Waals surface area (Å²) < 4.78 is 5.17. The molecule has 0 aromatic heterocycles. The van der Waals surface area contributed by atoms with E-state index in [0.717, 1.165) is 4.90 Å². The molecule has 0 radical (unpaired) electrons. The van der Waals surface area contributed by atoms with Crippen LogP contribution < -0.4 is 10.1 Å². The van der Waals surface area contributed by atoms with E-state index in [1.165, 1.54) is 24.3 Å². The Morgan fingerprint density at radius 2 is 2.11 bits per heavy atom. The number of ether oxygens (including phenoxy) is 1. The van der Waals surface area contributed by atoms with E-state index in [9.17, 15) is 19.7 Å². The van der Waals surface area contributed by atoms with Gasteiger partial charge in [-0.05, 0) is 12.1 Å². The van der Waals surface area contributed by atoms with Crippen molar-refractivity contribution < 1.29 is 19.2 Å². The third-order valence-corrected chi connectivity index (χ3v) is 2.57. The highest BCUT2D eigenvalue weighted by molar-refractivity contribution is 5.96. The minimum absolute atomic E-state index is 0.0578. The highest BCUT2D eigenvalue weighted by Gasteiger charge is 2.26. The molecule has 8 heteroatoms. The van der Waals surface area contributed by atoms with Crippen molar-refractivity contribution in [3.8, 4) is 5.75 Å². The SMILES string of the molecule is O=C(COc1ccc([N+](=O)[O-])cc1)N1CCNC1=O. The summed E-state index contributed by atoms with van der Waals surface area (Å²) in [4.78, 5) is 33.8. The summed E-state index contributed by atoms with van der Waals surface area (Å²) in [7, 11) is 0. The van der Waals surface area contributed by atoms with Crippen LogP contribution >= 0.6 is 0 Å². The molecule has 1 aromatic rings. The molecule has 1 saturated heterocycles. The average Bonchev–Trinajstić information content (AvgIpc) is 2.83. The first kappa shape index (κ1) is 12.8. The van der Waals surface area contributed by atoms with Gasteiger partial charge < -0.3 is 10.1 Å². The van der Waals surface area contributed by atoms with Gasteiger partial charge in [-0.25, -0.2) is 4.79 Å². The molecule has 0 spiro atoms. The van der Waals surface area contributed by atoms with Crippen molar-refractivity contribution >= 4 is 17.6 Å². The zero-order valence-electron chi connectivity index (χ0n) is 9.87. The summed E-state index contributed by atoms with van der Waals surface area (Å²) in [5, 5.41) is 13.0. The van der Waals surface area contributed by atoms with Crippen LogP contribution in [0.5, 0.6) is 5.75 Å². The highest BCUT2D eigenvalue weighted by atomic mass is 16.6. The van der Waals surface area contributed by atoms with Gasteiger partial charge in [-0.1, -0.05) is 0 Å². The number of benzene rings is 1. The van der Waals surface area contributed by atoms with E-state index in [0.29, 0.717) is 18.8 Å². The molecule has 19 heavy (non-hydrogen) atoms. The fourth-order valence-corrected chi connectivity index (χ4v) is 1.60. The van der Waals surface area contributed by atoms with Crippen LogP contribution in [0, 0.1) is 10.1 Å². The summed E-state index contributed by atoms with van der Waals surface area (Å²) in [6.07, 6.45) is 0. The van der Waals surface area contributed by atoms with E-state index in [4.69, 9.17) is 4.74 Å². The number of nitrogens with zero attached hydrogens (tertiary/aromatic N) is 2. The van der Waals surface area contributed by atoms with Crippen LogP contribution in [-0.4, -0.2) is 41.5 Å². The second-order valence-corrected chi connectivity index (χ2v) is 3.82. The number of nitro benzene ring substituents is 1. The van der Waals surface area contributed by atoms with E-state index in [1.54, 1.807) is 0 Å². The zero-order valence-corrected chi connectivity index (χ0v) is 9.87. The Labute approximate surface area is 108 Å². The number of hydrogen-bond acceptors (Lipinski definition) is 5. The molecule has 0 saturated carbocycles. The van der Waals surface area contributed by atoms with E-state index in [-0.39, 0.29) is 12.3 Å². The quantitative estimate of drug-likeness (QED) is 0.631. The first-order valence-corrected chi connectivity index (χ1v) is 5.53. The van der Waals surface area contributed by atoms with Crippen LogP contribution in [-0.2, 0) is 4.79 Å². The largest absolute Gasteiger partial charge is 0.484 e. The van der Waals surface area contributed by atoms with Crippen LogP contribution in [0.1, 0.15) is 0 Å². The van der Waals surface area contributed by atoms with Gasteiger partial charge in [-0.2, -0.15) is 0 Å². The van der Waals surface area contributed by atoms with Gasteiger partial charge in [0.1, 0.15) is 5.75 Å². The molecule has 1 heterocycles. The normalized spacial score (nSPS) is 14.1. The summed E-state index contributed by atoms with van der Waals surface area (Å²) in [5.41, 5.74) is -0.0578. The van der Waals surface area contributed by atoms with Crippen molar-refractivity contribution in [2.24, 2.45) is 0 Å². The Bertz CT molecular complexity index is 514. The van der Waals surface area contributed by atoms with E-state index in [2.05, 4.69) is 5.32 Å². The lowest BCUT2D eigenvalue weighted by molar-refractivity contribution is -0.384. The smallest absolute Gasteiger partial charge is 0.324 e. The lowest BCUT2D eigenvalue weighted by Gasteiger charge is -2.12. The number of nitro groups is 1. The van der Waals surface area contributed by atoms with Crippen molar-refractivity contribution in [2.45, 2.75) is 0 Å². The summed E-state index contributed by atoms with van der Waals surface area (Å²) in [6, 6.07) is 4.92. The summed E-state index contributed by atoms with van der Waals surface area (Å²) in [5.74, 6) is -0.119. The van der Waals surface area contributed by atoms with Crippen molar-refractivity contribution in [3.05, 3.63) is 34.4 Å². The first-order chi connectivity index (χ1) is 9.08. The Morgan fingerprint density at radius 1 is 1.42 bits per heavy atom. The minimum Gasteiger partial charge on any atom is -0.484 e. The maximum Gasteiger partial charge on any atom is 0.324 e. The van der Waals surface area contributed by atoms with Crippen LogP contribution in [0.2, 0.25) is 0 Å². The molecule has 2 rings (SSSR count). The van der Waals surface area contributed by atoms with Crippen LogP contribution in [0.4, 0.5) is 10.5 Å². The molecule has 1 aliphatic heterocycles. The number of nitrogens with one attached hydrogen (secondary N) is 1. The van der Waals surface area contributed by atoms with Crippen molar-refractivity contribution in [3.63, 3.8) is 0 Å². The fraction of sp³-hybridized carbons (Fsp3) is 0.273. The van der Waals surface area contributed by atoms with Crippen molar-refractivity contribution in [1.82, 2.24) is 10.2 Å². The number of imide groups is 1. The van der Waals surface area contributed by atoms with Crippen molar-refractivity contribution in [2.75, 3.05) is 19.7 Å². The van der Waals surface area contributed by atoms with Gasteiger partial charge in [0.2, 0.25) is 0 Å². The molecule has 8 nitrogen and oxygen atoms in total. The minimum atomic E-state index is -0.524. The third-order valence-electron chi connectivity index (χ3n) is 2.57. The van der Waals surface area contributed by atoms with Crippen LogP contribution in [0.15, 0.2) is 24.3 Å². The van der Waals surface area contributed by atoms with Gasteiger partial charge in [-0.3, -0.25) is 19.8 Å². The lowest BCUT2D eigenvalue weighted by Crippen LogP contribution is -2.37. The number of rotatable bonds is 4. The number of amides is 3. The molecule has 1 N–H and O–H groups in total. The van der Waals surface area contributed by atoms with Crippen LogP contribution in [0.25, 0.3) is 0 Å². The summed E-state index contributed by atoms with van der Waals surface area (Å²) in [6.45, 7) is 0.467. The lowest BCUT2D eigenvalue weighted by atomic mass is 10.3.